The fourth-order valence-corrected chi connectivity index (χ4v) is 3.18. The molecular weight excluding hydrogens is 346 g/mol. The molecule has 0 aromatic carbocycles. The molecule has 0 saturated heterocycles. The van der Waals surface area contributed by atoms with E-state index >= 15 is 0 Å². The van der Waals surface area contributed by atoms with Gasteiger partial charge in [0.1, 0.15) is 5.69 Å². The summed E-state index contributed by atoms with van der Waals surface area (Å²) in [5.41, 5.74) is 2.90. The molecule has 3 aromatic heterocycles. The monoisotopic (exact) mass is 369 g/mol. The second kappa shape index (κ2) is 8.91. The first-order chi connectivity index (χ1) is 12.6. The molecule has 0 spiro atoms. The molecule has 0 N–H and O–H groups in total. The van der Waals surface area contributed by atoms with Crippen LogP contribution in [0, 0.1) is 0 Å². The third-order valence-electron chi connectivity index (χ3n) is 3.98. The molecule has 136 valence electrons. The van der Waals surface area contributed by atoms with Gasteiger partial charge in [0.15, 0.2) is 10.9 Å². The normalized spacial score (nSPS) is 12.5. The first-order valence-electron chi connectivity index (χ1n) is 8.66. The lowest BCUT2D eigenvalue weighted by atomic mass is 10.2. The van der Waals surface area contributed by atoms with E-state index in [4.69, 9.17) is 4.52 Å². The van der Waals surface area contributed by atoms with Crippen LogP contribution in [0.4, 0.5) is 0 Å². The maximum absolute atomic E-state index is 5.46. The van der Waals surface area contributed by atoms with Crippen LogP contribution in [0.3, 0.4) is 0 Å². The molecular formula is C19H23N5OS. The zero-order valence-electron chi connectivity index (χ0n) is 15.3. The van der Waals surface area contributed by atoms with E-state index in [1.165, 1.54) is 0 Å². The van der Waals surface area contributed by atoms with Crippen LogP contribution in [-0.2, 0) is 13.1 Å². The molecule has 0 saturated carbocycles. The number of hydrogen-bond acceptors (Lipinski definition) is 7. The lowest BCUT2D eigenvalue weighted by Gasteiger charge is -2.14. The average molecular weight is 369 g/mol. The molecule has 7 heteroatoms. The smallest absolute Gasteiger partial charge is 0.187 e. The van der Waals surface area contributed by atoms with E-state index < -0.39 is 0 Å². The van der Waals surface area contributed by atoms with Gasteiger partial charge < -0.3 is 4.52 Å². The third-order valence-corrected chi connectivity index (χ3v) is 5.13. The summed E-state index contributed by atoms with van der Waals surface area (Å²) in [7, 11) is 2.04. The van der Waals surface area contributed by atoms with E-state index in [0.717, 1.165) is 40.7 Å². The number of thioether (sulfide) groups is 1. The first kappa shape index (κ1) is 18.5. The van der Waals surface area contributed by atoms with Crippen molar-refractivity contribution in [2.75, 3.05) is 7.05 Å². The Morgan fingerprint density at radius 1 is 1.15 bits per heavy atom. The highest BCUT2D eigenvalue weighted by Crippen LogP contribution is 2.21. The van der Waals surface area contributed by atoms with Gasteiger partial charge in [-0.25, -0.2) is 9.97 Å². The summed E-state index contributed by atoms with van der Waals surface area (Å²) in [6.07, 6.45) is 8.41. The number of rotatable bonds is 8. The van der Waals surface area contributed by atoms with Crippen molar-refractivity contribution < 1.29 is 4.52 Å². The lowest BCUT2D eigenvalue weighted by molar-refractivity contribution is 0.266. The van der Waals surface area contributed by atoms with E-state index in [0.29, 0.717) is 11.8 Å². The molecule has 3 rings (SSSR count). The third kappa shape index (κ3) is 5.12. The minimum atomic E-state index is 0.532. The zero-order chi connectivity index (χ0) is 18.4. The molecule has 26 heavy (non-hydrogen) atoms. The van der Waals surface area contributed by atoms with E-state index in [-0.39, 0.29) is 0 Å². The van der Waals surface area contributed by atoms with Gasteiger partial charge in [-0.15, -0.1) is 0 Å². The molecule has 6 nitrogen and oxygen atoms in total. The van der Waals surface area contributed by atoms with E-state index in [1.807, 2.05) is 37.6 Å². The van der Waals surface area contributed by atoms with Gasteiger partial charge in [0, 0.05) is 53.8 Å². The summed E-state index contributed by atoms with van der Waals surface area (Å²) in [6.45, 7) is 5.78. The Balaban J connectivity index is 1.56. The number of aromatic nitrogens is 4. The molecule has 0 fully saturated rings. The molecule has 0 amide bonds. The number of pyridine rings is 1. The quantitative estimate of drug-likeness (QED) is 0.438. The Labute approximate surface area is 158 Å². The molecule has 0 aliphatic rings. The van der Waals surface area contributed by atoms with Crippen LogP contribution in [0.2, 0.25) is 0 Å². The highest BCUT2D eigenvalue weighted by Gasteiger charge is 2.10. The molecule has 0 unspecified atom stereocenters. The summed E-state index contributed by atoms with van der Waals surface area (Å²) in [5, 5.41) is 5.50. The second-order valence-corrected chi connectivity index (χ2v) is 7.70. The SMILES string of the molecule is CC[C@@H](C)Sc1ncc(CN(C)Cc2cc(-c3ccncc3)no2)cn1. The molecule has 0 aliphatic heterocycles. The Bertz CT molecular complexity index is 806. The van der Waals surface area contributed by atoms with Crippen molar-refractivity contribution in [3.63, 3.8) is 0 Å². The number of nitrogens with zero attached hydrogens (tertiary/aromatic N) is 5. The summed E-state index contributed by atoms with van der Waals surface area (Å²) < 4.78 is 5.46. The molecule has 0 aliphatic carbocycles. The summed E-state index contributed by atoms with van der Waals surface area (Å²) in [4.78, 5) is 15.1. The minimum absolute atomic E-state index is 0.532. The summed E-state index contributed by atoms with van der Waals surface area (Å²) in [5.74, 6) is 0.823. The van der Waals surface area contributed by atoms with Gasteiger partial charge in [-0.05, 0) is 25.6 Å². The Morgan fingerprint density at radius 2 is 1.88 bits per heavy atom. The van der Waals surface area contributed by atoms with Gasteiger partial charge in [-0.1, -0.05) is 30.8 Å². The van der Waals surface area contributed by atoms with Gasteiger partial charge >= 0.3 is 0 Å². The van der Waals surface area contributed by atoms with Crippen molar-refractivity contribution in [3.8, 4) is 11.3 Å². The van der Waals surface area contributed by atoms with E-state index in [9.17, 15) is 0 Å². The zero-order valence-corrected chi connectivity index (χ0v) is 16.1. The van der Waals surface area contributed by atoms with Crippen molar-refractivity contribution in [2.24, 2.45) is 0 Å². The predicted octanol–water partition coefficient (Wildman–Crippen LogP) is 4.05. The Kier molecular flexibility index (Phi) is 6.35. The topological polar surface area (TPSA) is 67.9 Å². The van der Waals surface area contributed by atoms with Crippen LogP contribution in [0.1, 0.15) is 31.6 Å². The van der Waals surface area contributed by atoms with E-state index in [1.54, 1.807) is 24.2 Å². The molecule has 3 aromatic rings. The van der Waals surface area contributed by atoms with Crippen LogP contribution >= 0.6 is 11.8 Å². The van der Waals surface area contributed by atoms with Gasteiger partial charge in [-0.3, -0.25) is 9.88 Å². The molecule has 0 bridgehead atoms. The highest BCUT2D eigenvalue weighted by atomic mass is 32.2. The fraction of sp³-hybridized carbons (Fsp3) is 0.368. The van der Waals surface area contributed by atoms with Gasteiger partial charge in [-0.2, -0.15) is 0 Å². The van der Waals surface area contributed by atoms with Crippen molar-refractivity contribution in [3.05, 3.63) is 54.3 Å². The van der Waals surface area contributed by atoms with Crippen LogP contribution in [0.5, 0.6) is 0 Å². The predicted molar refractivity (Wildman–Crippen MR) is 103 cm³/mol. The van der Waals surface area contributed by atoms with Crippen molar-refractivity contribution >= 4 is 11.8 Å². The average Bonchev–Trinajstić information content (AvgIpc) is 3.12. The molecule has 3 heterocycles. The van der Waals surface area contributed by atoms with Crippen LogP contribution in [0.15, 0.2) is 52.7 Å². The van der Waals surface area contributed by atoms with Crippen LogP contribution in [-0.4, -0.2) is 37.3 Å². The van der Waals surface area contributed by atoms with Crippen molar-refractivity contribution in [2.45, 2.75) is 43.8 Å². The largest absolute Gasteiger partial charge is 0.359 e. The van der Waals surface area contributed by atoms with Crippen molar-refractivity contribution in [1.29, 1.82) is 0 Å². The molecule has 1 atom stereocenters. The second-order valence-electron chi connectivity index (χ2n) is 6.30. The van der Waals surface area contributed by atoms with Crippen LogP contribution < -0.4 is 0 Å². The molecule has 0 radical (unpaired) electrons. The van der Waals surface area contributed by atoms with Crippen LogP contribution in [0.25, 0.3) is 11.3 Å². The maximum Gasteiger partial charge on any atom is 0.187 e. The summed E-state index contributed by atoms with van der Waals surface area (Å²) >= 11 is 1.71. The first-order valence-corrected chi connectivity index (χ1v) is 9.54. The van der Waals surface area contributed by atoms with E-state index in [2.05, 4.69) is 38.9 Å². The minimum Gasteiger partial charge on any atom is -0.359 e. The summed E-state index contributed by atoms with van der Waals surface area (Å²) in [6, 6.07) is 5.80. The van der Waals surface area contributed by atoms with Gasteiger partial charge in [0.2, 0.25) is 0 Å². The highest BCUT2D eigenvalue weighted by molar-refractivity contribution is 7.99. The lowest BCUT2D eigenvalue weighted by Crippen LogP contribution is -2.17. The standard InChI is InChI=1S/C19H23N5OS/c1-4-14(2)26-19-21-10-15(11-22-19)12-24(3)13-17-9-18(23-25-17)16-5-7-20-8-6-16/h5-11,14H,4,12-13H2,1-3H3/t14-/m1/s1. The van der Waals surface area contributed by atoms with Gasteiger partial charge in [0.05, 0.1) is 6.54 Å². The number of hydrogen-bond donors (Lipinski definition) is 0. The van der Waals surface area contributed by atoms with Gasteiger partial charge in [0.25, 0.3) is 0 Å². The fourth-order valence-electron chi connectivity index (χ4n) is 2.43. The Hall–Kier alpha value is -2.25. The maximum atomic E-state index is 5.46. The Morgan fingerprint density at radius 3 is 2.58 bits per heavy atom. The van der Waals surface area contributed by atoms with Crippen molar-refractivity contribution in [1.82, 2.24) is 25.0 Å².